The van der Waals surface area contributed by atoms with Crippen molar-refractivity contribution < 1.29 is 19.0 Å². The number of rotatable bonds is 4. The first-order chi connectivity index (χ1) is 13.1. The molecule has 1 aromatic heterocycles. The van der Waals surface area contributed by atoms with Gasteiger partial charge in [-0.25, -0.2) is 9.79 Å². The van der Waals surface area contributed by atoms with E-state index >= 15 is 0 Å². The second-order valence-corrected chi connectivity index (χ2v) is 7.12. The van der Waals surface area contributed by atoms with E-state index in [1.165, 1.54) is 11.3 Å². The normalized spacial score (nSPS) is 15.1. The minimum atomic E-state index is -0.520. The number of esters is 1. The highest BCUT2D eigenvalue weighted by atomic mass is 35.5. The van der Waals surface area contributed by atoms with Crippen LogP contribution in [0.5, 0.6) is 11.5 Å². The van der Waals surface area contributed by atoms with Gasteiger partial charge < -0.3 is 14.2 Å². The lowest BCUT2D eigenvalue weighted by atomic mass is 10.1. The van der Waals surface area contributed by atoms with Crippen molar-refractivity contribution in [2.24, 2.45) is 4.99 Å². The Kier molecular flexibility index (Phi) is 4.59. The monoisotopic (exact) mass is 399 g/mol. The first-order valence-electron chi connectivity index (χ1n) is 8.02. The predicted molar refractivity (Wildman–Crippen MR) is 107 cm³/mol. The lowest BCUT2D eigenvalue weighted by molar-refractivity contribution is -0.129. The number of methoxy groups -OCH3 is 2. The van der Waals surface area contributed by atoms with Gasteiger partial charge in [0.05, 0.1) is 19.2 Å². The van der Waals surface area contributed by atoms with Crippen molar-refractivity contribution in [3.8, 4) is 11.5 Å². The van der Waals surface area contributed by atoms with Crippen molar-refractivity contribution >= 4 is 51.0 Å². The van der Waals surface area contributed by atoms with Gasteiger partial charge in [-0.15, -0.1) is 11.3 Å². The molecule has 0 fully saturated rings. The fraction of sp³-hybridized carbons (Fsp3) is 0.100. The smallest absolute Gasteiger partial charge is 0.363 e. The van der Waals surface area contributed by atoms with Crippen LogP contribution in [0.2, 0.25) is 5.02 Å². The third-order valence-corrected chi connectivity index (χ3v) is 5.72. The first-order valence-corrected chi connectivity index (χ1v) is 9.22. The molecule has 0 N–H and O–H groups in total. The maximum Gasteiger partial charge on any atom is 0.363 e. The Hall–Kier alpha value is -2.83. The van der Waals surface area contributed by atoms with Gasteiger partial charge in [-0.3, -0.25) is 0 Å². The lowest BCUT2D eigenvalue weighted by Crippen LogP contribution is -2.04. The Bertz CT molecular complexity index is 1120. The molecule has 0 atom stereocenters. The Labute approximate surface area is 164 Å². The van der Waals surface area contributed by atoms with Crippen molar-refractivity contribution in [1.29, 1.82) is 0 Å². The molecular formula is C20H14ClNO4S. The zero-order chi connectivity index (χ0) is 19.0. The number of aliphatic imine (C=N–C) groups is 1. The summed E-state index contributed by atoms with van der Waals surface area (Å²) in [6.07, 6.45) is 1.64. The summed E-state index contributed by atoms with van der Waals surface area (Å²) in [5.74, 6) is 0.871. The zero-order valence-corrected chi connectivity index (χ0v) is 16.1. The highest BCUT2D eigenvalue weighted by molar-refractivity contribution is 7.21. The van der Waals surface area contributed by atoms with Gasteiger partial charge in [0, 0.05) is 10.1 Å². The quantitative estimate of drug-likeness (QED) is 0.461. The molecule has 0 spiro atoms. The van der Waals surface area contributed by atoms with Crippen LogP contribution in [-0.2, 0) is 9.53 Å². The predicted octanol–water partition coefficient (Wildman–Crippen LogP) is 4.92. The second-order valence-electron chi connectivity index (χ2n) is 5.69. The van der Waals surface area contributed by atoms with E-state index in [2.05, 4.69) is 4.99 Å². The molecule has 0 unspecified atom stereocenters. The molecule has 0 saturated carbocycles. The highest BCUT2D eigenvalue weighted by Crippen LogP contribution is 2.37. The third kappa shape index (κ3) is 3.18. The number of thiophene rings is 1. The van der Waals surface area contributed by atoms with Gasteiger partial charge in [0.1, 0.15) is 4.88 Å². The second kappa shape index (κ2) is 7.06. The molecule has 27 heavy (non-hydrogen) atoms. The van der Waals surface area contributed by atoms with E-state index in [0.717, 1.165) is 15.6 Å². The van der Waals surface area contributed by atoms with Gasteiger partial charge in [0.2, 0.25) is 5.90 Å². The number of carbonyl (C=O) groups excluding carboxylic acids is 1. The van der Waals surface area contributed by atoms with Crippen molar-refractivity contribution in [1.82, 2.24) is 0 Å². The number of fused-ring (bicyclic) bond motifs is 1. The van der Waals surface area contributed by atoms with Gasteiger partial charge in [-0.05, 0) is 29.8 Å². The highest BCUT2D eigenvalue weighted by Gasteiger charge is 2.28. The number of nitrogens with zero attached hydrogens (tertiary/aromatic N) is 1. The maximum absolute atomic E-state index is 12.3. The summed E-state index contributed by atoms with van der Waals surface area (Å²) in [6.45, 7) is 0. The fourth-order valence-electron chi connectivity index (χ4n) is 2.76. The van der Waals surface area contributed by atoms with Gasteiger partial charge in [-0.1, -0.05) is 35.9 Å². The fourth-order valence-corrected chi connectivity index (χ4v) is 4.20. The van der Waals surface area contributed by atoms with Crippen LogP contribution < -0.4 is 9.47 Å². The first kappa shape index (κ1) is 17.6. The van der Waals surface area contributed by atoms with Crippen LogP contribution >= 0.6 is 22.9 Å². The molecular weight excluding hydrogens is 386 g/mol. The zero-order valence-electron chi connectivity index (χ0n) is 14.5. The summed E-state index contributed by atoms with van der Waals surface area (Å²) < 4.78 is 16.9. The molecule has 0 saturated heterocycles. The van der Waals surface area contributed by atoms with Crippen LogP contribution in [0.25, 0.3) is 16.2 Å². The van der Waals surface area contributed by atoms with Crippen molar-refractivity contribution in [2.75, 3.05) is 14.2 Å². The van der Waals surface area contributed by atoms with Crippen LogP contribution in [0.1, 0.15) is 10.4 Å². The molecule has 0 radical (unpaired) electrons. The minimum absolute atomic E-state index is 0.200. The number of hydrogen-bond acceptors (Lipinski definition) is 6. The average molecular weight is 400 g/mol. The Morgan fingerprint density at radius 3 is 2.63 bits per heavy atom. The van der Waals surface area contributed by atoms with Crippen molar-refractivity contribution in [3.05, 3.63) is 63.6 Å². The SMILES string of the molecule is COc1ccc(/C=C2\N=C(c3sc4ccccc4c3Cl)OC2=O)cc1OC. The average Bonchev–Trinajstić information content (AvgIpc) is 3.22. The third-order valence-electron chi connectivity index (χ3n) is 4.06. The van der Waals surface area contributed by atoms with Gasteiger partial charge >= 0.3 is 5.97 Å². The van der Waals surface area contributed by atoms with E-state index in [9.17, 15) is 4.79 Å². The molecule has 0 amide bonds. The van der Waals surface area contributed by atoms with Crippen LogP contribution in [0.4, 0.5) is 0 Å². The molecule has 5 nitrogen and oxygen atoms in total. The van der Waals surface area contributed by atoms with E-state index in [-0.39, 0.29) is 11.6 Å². The van der Waals surface area contributed by atoms with Gasteiger partial charge in [0.15, 0.2) is 17.2 Å². The summed E-state index contributed by atoms with van der Waals surface area (Å²) in [4.78, 5) is 17.3. The summed E-state index contributed by atoms with van der Waals surface area (Å²) >= 11 is 7.89. The largest absolute Gasteiger partial charge is 0.493 e. The van der Waals surface area contributed by atoms with Crippen molar-refractivity contribution in [2.45, 2.75) is 0 Å². The summed E-state index contributed by atoms with van der Waals surface area (Å²) in [5.41, 5.74) is 0.942. The van der Waals surface area contributed by atoms with E-state index in [1.54, 1.807) is 32.4 Å². The van der Waals surface area contributed by atoms with Crippen LogP contribution in [0.15, 0.2) is 53.2 Å². The Morgan fingerprint density at radius 1 is 1.11 bits per heavy atom. The Morgan fingerprint density at radius 2 is 1.89 bits per heavy atom. The molecule has 4 rings (SSSR count). The van der Waals surface area contributed by atoms with Gasteiger partial charge in [-0.2, -0.15) is 0 Å². The minimum Gasteiger partial charge on any atom is -0.493 e. The molecule has 136 valence electrons. The molecule has 1 aliphatic rings. The van der Waals surface area contributed by atoms with Gasteiger partial charge in [0.25, 0.3) is 0 Å². The molecule has 1 aliphatic heterocycles. The van der Waals surface area contributed by atoms with E-state index < -0.39 is 5.97 Å². The van der Waals surface area contributed by atoms with Crippen LogP contribution in [-0.4, -0.2) is 26.1 Å². The van der Waals surface area contributed by atoms with Crippen LogP contribution in [0, 0.1) is 0 Å². The van der Waals surface area contributed by atoms with E-state index in [1.807, 2.05) is 30.3 Å². The van der Waals surface area contributed by atoms with E-state index in [4.69, 9.17) is 25.8 Å². The number of halogens is 1. The molecule has 0 bridgehead atoms. The molecule has 2 aromatic carbocycles. The van der Waals surface area contributed by atoms with E-state index in [0.29, 0.717) is 21.4 Å². The number of benzene rings is 2. The topological polar surface area (TPSA) is 57.1 Å². The van der Waals surface area contributed by atoms with Crippen LogP contribution in [0.3, 0.4) is 0 Å². The summed E-state index contributed by atoms with van der Waals surface area (Å²) in [7, 11) is 3.12. The molecule has 0 aliphatic carbocycles. The Balaban J connectivity index is 1.72. The summed E-state index contributed by atoms with van der Waals surface area (Å²) in [6, 6.07) is 13.1. The number of ether oxygens (including phenoxy) is 3. The number of carbonyl (C=O) groups is 1. The van der Waals surface area contributed by atoms with Crippen molar-refractivity contribution in [3.63, 3.8) is 0 Å². The molecule has 7 heteroatoms. The lowest BCUT2D eigenvalue weighted by Gasteiger charge is -2.07. The number of hydrogen-bond donors (Lipinski definition) is 0. The molecule has 3 aromatic rings. The molecule has 2 heterocycles. The standard InChI is InChI=1S/C20H14ClNO4S/c1-24-14-8-7-11(10-15(14)25-2)9-13-20(23)26-19(22-13)18-17(21)12-5-3-4-6-16(12)27-18/h3-10H,1-2H3/b13-9-. The maximum atomic E-state index is 12.3. The number of cyclic esters (lactones) is 1. The summed E-state index contributed by atoms with van der Waals surface area (Å²) in [5, 5.41) is 1.45.